The van der Waals surface area contributed by atoms with Gasteiger partial charge in [-0.3, -0.25) is 9.10 Å². The largest absolute Gasteiger partial charge is 0.497 e. The van der Waals surface area contributed by atoms with Crippen LogP contribution < -0.4 is 9.04 Å². The lowest BCUT2D eigenvalue weighted by Gasteiger charge is -2.27. The van der Waals surface area contributed by atoms with Gasteiger partial charge < -0.3 is 14.2 Å². The predicted octanol–water partition coefficient (Wildman–Crippen LogP) is 3.20. The number of hydrogen-bond acceptors (Lipinski definition) is 7. The van der Waals surface area contributed by atoms with Gasteiger partial charge in [-0.15, -0.1) is 11.3 Å². The van der Waals surface area contributed by atoms with Crippen molar-refractivity contribution < 1.29 is 17.9 Å². The molecule has 1 aliphatic heterocycles. The molecule has 2 aromatic heterocycles. The Morgan fingerprint density at radius 3 is 2.89 bits per heavy atom. The Kier molecular flexibility index (Phi) is 7.96. The Hall–Kier alpha value is -3.36. The van der Waals surface area contributed by atoms with Gasteiger partial charge in [0.05, 0.1) is 31.8 Å². The summed E-state index contributed by atoms with van der Waals surface area (Å²) in [6.45, 7) is 1.71. The van der Waals surface area contributed by atoms with Crippen molar-refractivity contribution in [2.75, 3.05) is 30.8 Å². The number of hydrogen-bond donors (Lipinski definition) is 0. The van der Waals surface area contributed by atoms with Gasteiger partial charge in [0.25, 0.3) is 0 Å². The van der Waals surface area contributed by atoms with Crippen LogP contribution in [0.1, 0.15) is 34.4 Å². The molecule has 1 amide bonds. The maximum Gasteiger partial charge on any atom is 0.232 e. The summed E-state index contributed by atoms with van der Waals surface area (Å²) in [5.41, 5.74) is 2.32. The number of thiophene rings is 1. The van der Waals surface area contributed by atoms with Gasteiger partial charge in [0, 0.05) is 43.3 Å². The second kappa shape index (κ2) is 11.1. The third-order valence-electron chi connectivity index (χ3n) is 6.23. The van der Waals surface area contributed by atoms with Crippen molar-refractivity contribution in [2.45, 2.75) is 38.8 Å². The molecule has 3 aromatic rings. The highest BCUT2D eigenvalue weighted by atomic mass is 32.2. The first-order valence-electron chi connectivity index (χ1n) is 11.7. The summed E-state index contributed by atoms with van der Waals surface area (Å²) >= 11 is 1.31. The predicted molar refractivity (Wildman–Crippen MR) is 139 cm³/mol. The number of anilines is 1. The molecule has 9 nitrogen and oxygen atoms in total. The van der Waals surface area contributed by atoms with Crippen molar-refractivity contribution in [3.63, 3.8) is 0 Å². The van der Waals surface area contributed by atoms with Gasteiger partial charge in [-0.1, -0.05) is 12.1 Å². The van der Waals surface area contributed by atoms with E-state index in [1.165, 1.54) is 21.9 Å². The van der Waals surface area contributed by atoms with Crippen LogP contribution in [0, 0.1) is 11.3 Å². The maximum atomic E-state index is 12.8. The number of amides is 1. The molecular weight excluding hydrogens is 498 g/mol. The number of benzene rings is 1. The summed E-state index contributed by atoms with van der Waals surface area (Å²) in [6, 6.07) is 9.94. The average Bonchev–Trinajstić information content (AvgIpc) is 3.51. The Morgan fingerprint density at radius 2 is 2.19 bits per heavy atom. The second-order valence-corrected chi connectivity index (χ2v) is 11.7. The first kappa shape index (κ1) is 25.7. The van der Waals surface area contributed by atoms with Crippen LogP contribution in [0.25, 0.3) is 0 Å². The number of carbonyl (C=O) groups excluding carboxylic acids is 1. The second-order valence-electron chi connectivity index (χ2n) is 8.70. The molecule has 0 spiro atoms. The first-order valence-corrected chi connectivity index (χ1v) is 14.4. The summed E-state index contributed by atoms with van der Waals surface area (Å²) in [4.78, 5) is 19.5. The highest BCUT2D eigenvalue weighted by Gasteiger charge is 2.31. The molecule has 11 heteroatoms. The Labute approximate surface area is 215 Å². The Bertz CT molecular complexity index is 1360. The molecule has 0 unspecified atom stereocenters. The van der Waals surface area contributed by atoms with Crippen LogP contribution in [0.15, 0.2) is 43.0 Å². The fourth-order valence-corrected chi connectivity index (χ4v) is 6.98. The molecule has 4 rings (SSSR count). The van der Waals surface area contributed by atoms with E-state index in [4.69, 9.17) is 4.74 Å². The summed E-state index contributed by atoms with van der Waals surface area (Å²) in [6.07, 6.45) is 8.51. The number of carbonyl (C=O) groups is 1. The fraction of sp³-hybridized carbons (Fsp3) is 0.400. The lowest BCUT2D eigenvalue weighted by molar-refractivity contribution is -0.132. The summed E-state index contributed by atoms with van der Waals surface area (Å²) in [5.74, 6) is 0.787. The SMILES string of the molecule is COc1cccc(CCCN(c2sc3c(c2C#N)CCN(C(=O)CCn2ccnc2)C3)S(C)(=O)=O)c1. The van der Waals surface area contributed by atoms with E-state index in [0.29, 0.717) is 55.9 Å². The summed E-state index contributed by atoms with van der Waals surface area (Å²) in [7, 11) is -1.99. The summed E-state index contributed by atoms with van der Waals surface area (Å²) < 4.78 is 34.0. The van der Waals surface area contributed by atoms with Crippen LogP contribution >= 0.6 is 11.3 Å². The number of fused-ring (bicyclic) bond motifs is 1. The molecule has 0 N–H and O–H groups in total. The van der Waals surface area contributed by atoms with Gasteiger partial charge in [-0.25, -0.2) is 13.4 Å². The standard InChI is InChI=1S/C25H29N5O4S2/c1-34-20-7-3-5-19(15-20)6-4-11-30(36(2,32)33)25-22(16-26)21-8-13-29(17-23(21)35-25)24(31)9-12-28-14-10-27-18-28/h3,5,7,10,14-15,18H,4,6,8-9,11-13,17H2,1-2H3. The number of sulfonamides is 1. The normalized spacial score (nSPS) is 13.2. The van der Waals surface area contributed by atoms with Crippen LogP contribution in [0.4, 0.5) is 5.00 Å². The number of ether oxygens (including phenoxy) is 1. The number of nitriles is 1. The third kappa shape index (κ3) is 5.88. The van der Waals surface area contributed by atoms with Crippen LogP contribution in [0.2, 0.25) is 0 Å². The van der Waals surface area contributed by atoms with Crippen molar-refractivity contribution in [1.82, 2.24) is 14.5 Å². The van der Waals surface area contributed by atoms with Gasteiger partial charge in [0.2, 0.25) is 15.9 Å². The van der Waals surface area contributed by atoms with Crippen LogP contribution in [-0.2, 0) is 40.7 Å². The zero-order valence-electron chi connectivity index (χ0n) is 20.4. The van der Waals surface area contributed by atoms with Crippen molar-refractivity contribution in [3.8, 4) is 11.8 Å². The molecule has 3 heterocycles. The van der Waals surface area contributed by atoms with Crippen LogP contribution in [0.3, 0.4) is 0 Å². The molecular formula is C25H29N5O4S2. The zero-order valence-corrected chi connectivity index (χ0v) is 22.0. The molecule has 0 fully saturated rings. The minimum atomic E-state index is -3.60. The van der Waals surface area contributed by atoms with Crippen molar-refractivity contribution >= 4 is 32.3 Å². The van der Waals surface area contributed by atoms with E-state index in [1.807, 2.05) is 35.0 Å². The molecule has 1 aliphatic rings. The lowest BCUT2D eigenvalue weighted by atomic mass is 10.0. The van der Waals surface area contributed by atoms with Gasteiger partial charge in [0.1, 0.15) is 16.8 Å². The fourth-order valence-electron chi connectivity index (χ4n) is 4.37. The lowest BCUT2D eigenvalue weighted by Crippen LogP contribution is -2.35. The number of nitrogens with zero attached hydrogens (tertiary/aromatic N) is 5. The molecule has 1 aromatic carbocycles. The van der Waals surface area contributed by atoms with Gasteiger partial charge in [0.15, 0.2) is 0 Å². The van der Waals surface area contributed by atoms with Gasteiger partial charge in [-0.05, 0) is 42.5 Å². The third-order valence-corrected chi connectivity index (χ3v) is 8.75. The van der Waals surface area contributed by atoms with E-state index in [-0.39, 0.29) is 12.5 Å². The Morgan fingerprint density at radius 1 is 1.36 bits per heavy atom. The molecule has 36 heavy (non-hydrogen) atoms. The average molecular weight is 528 g/mol. The molecule has 0 saturated carbocycles. The minimum absolute atomic E-state index is 0.0288. The minimum Gasteiger partial charge on any atom is -0.497 e. The molecule has 0 bridgehead atoms. The highest BCUT2D eigenvalue weighted by Crippen LogP contribution is 2.40. The first-order chi connectivity index (χ1) is 17.3. The van der Waals surface area contributed by atoms with E-state index in [9.17, 15) is 18.5 Å². The quantitative estimate of drug-likeness (QED) is 0.401. The van der Waals surface area contributed by atoms with E-state index in [1.54, 1.807) is 24.5 Å². The van der Waals surface area contributed by atoms with Crippen molar-refractivity contribution in [1.29, 1.82) is 5.26 Å². The van der Waals surface area contributed by atoms with Crippen LogP contribution in [-0.4, -0.2) is 55.2 Å². The Balaban J connectivity index is 1.49. The van der Waals surface area contributed by atoms with E-state index >= 15 is 0 Å². The van der Waals surface area contributed by atoms with Crippen LogP contribution in [0.5, 0.6) is 5.75 Å². The van der Waals surface area contributed by atoms with E-state index in [0.717, 1.165) is 21.8 Å². The van der Waals surface area contributed by atoms with E-state index in [2.05, 4.69) is 11.1 Å². The number of aryl methyl sites for hydroxylation is 2. The van der Waals surface area contributed by atoms with Crippen molar-refractivity contribution in [3.05, 3.63) is 64.6 Å². The number of methoxy groups -OCH3 is 1. The smallest absolute Gasteiger partial charge is 0.232 e. The number of rotatable bonds is 10. The molecule has 0 aliphatic carbocycles. The summed E-state index contributed by atoms with van der Waals surface area (Å²) in [5, 5.41) is 10.4. The topological polar surface area (TPSA) is 109 Å². The molecule has 190 valence electrons. The maximum absolute atomic E-state index is 12.8. The van der Waals surface area contributed by atoms with E-state index < -0.39 is 10.0 Å². The monoisotopic (exact) mass is 527 g/mol. The zero-order chi connectivity index (χ0) is 25.7. The number of aromatic nitrogens is 2. The molecule has 0 atom stereocenters. The van der Waals surface area contributed by atoms with Gasteiger partial charge in [-0.2, -0.15) is 5.26 Å². The molecule has 0 radical (unpaired) electrons. The number of imidazole rings is 1. The van der Waals surface area contributed by atoms with Crippen molar-refractivity contribution in [2.24, 2.45) is 0 Å². The molecule has 0 saturated heterocycles. The highest BCUT2D eigenvalue weighted by molar-refractivity contribution is 7.92. The van der Waals surface area contributed by atoms with Gasteiger partial charge >= 0.3 is 0 Å².